The average molecular weight is 306 g/mol. The van der Waals surface area contributed by atoms with E-state index in [1.807, 2.05) is 6.07 Å². The van der Waals surface area contributed by atoms with Gasteiger partial charge in [-0.1, -0.05) is 44.9 Å². The fourth-order valence-electron chi connectivity index (χ4n) is 2.95. The number of aliphatic hydroxyl groups excluding tert-OH is 1. The highest BCUT2D eigenvalue weighted by Gasteiger charge is 2.39. The number of aliphatic hydroxyl groups is 1. The van der Waals surface area contributed by atoms with E-state index < -0.39 is 12.2 Å². The van der Waals surface area contributed by atoms with Gasteiger partial charge in [-0.05, 0) is 25.0 Å². The van der Waals surface area contributed by atoms with Crippen LogP contribution in [0, 0.1) is 0 Å². The summed E-state index contributed by atoms with van der Waals surface area (Å²) >= 11 is 0. The van der Waals surface area contributed by atoms with Crippen molar-refractivity contribution in [2.24, 2.45) is 0 Å². The molecule has 0 aromatic heterocycles. The predicted octanol–water partition coefficient (Wildman–Crippen LogP) is 3.33. The van der Waals surface area contributed by atoms with E-state index in [1.165, 1.54) is 0 Å². The Morgan fingerprint density at radius 1 is 1.23 bits per heavy atom. The third-order valence-corrected chi connectivity index (χ3v) is 4.08. The lowest BCUT2D eigenvalue weighted by Crippen LogP contribution is -2.49. The van der Waals surface area contributed by atoms with Gasteiger partial charge in [0, 0.05) is 6.42 Å². The number of ether oxygens (including phenoxy) is 2. The van der Waals surface area contributed by atoms with Gasteiger partial charge in [0.05, 0.1) is 17.8 Å². The van der Waals surface area contributed by atoms with Crippen molar-refractivity contribution in [3.8, 4) is 0 Å². The fourth-order valence-corrected chi connectivity index (χ4v) is 2.95. The first-order chi connectivity index (χ1) is 10.7. The Bertz CT molecular complexity index is 459. The molecule has 1 aliphatic heterocycles. The molecule has 0 spiro atoms. The SMILES string of the molecule is CCC[C@H]1C[C@H](OC(=O)c2ccccc2)[C@@H](O)[C@@H](CCC)O1. The van der Waals surface area contributed by atoms with Gasteiger partial charge in [-0.2, -0.15) is 0 Å². The summed E-state index contributed by atoms with van der Waals surface area (Å²) in [6.45, 7) is 4.17. The number of rotatable bonds is 6. The van der Waals surface area contributed by atoms with Crippen LogP contribution >= 0.6 is 0 Å². The summed E-state index contributed by atoms with van der Waals surface area (Å²) in [6, 6.07) is 8.91. The topological polar surface area (TPSA) is 55.8 Å². The normalized spacial score (nSPS) is 28.3. The van der Waals surface area contributed by atoms with Crippen molar-refractivity contribution < 1.29 is 19.4 Å². The molecular weight excluding hydrogens is 280 g/mol. The first-order valence-corrected chi connectivity index (χ1v) is 8.25. The molecular formula is C18H26O4. The number of hydrogen-bond donors (Lipinski definition) is 1. The average Bonchev–Trinajstić information content (AvgIpc) is 2.53. The number of carbonyl (C=O) groups excluding carboxylic acids is 1. The Morgan fingerprint density at radius 3 is 2.55 bits per heavy atom. The molecule has 1 N–H and O–H groups in total. The standard InChI is InChI=1S/C18H26O4/c1-3-8-14-12-16(17(19)15(21-14)9-4-2)22-18(20)13-10-6-5-7-11-13/h5-7,10-11,14-17,19H,3-4,8-9,12H2,1-2H3/t14-,15+,16-,17-/m0/s1. The molecule has 1 fully saturated rings. The Labute approximate surface area is 132 Å². The Hall–Kier alpha value is -1.39. The summed E-state index contributed by atoms with van der Waals surface area (Å²) in [4.78, 5) is 12.2. The first-order valence-electron chi connectivity index (χ1n) is 8.25. The molecule has 1 heterocycles. The molecule has 1 aliphatic rings. The van der Waals surface area contributed by atoms with E-state index in [1.54, 1.807) is 24.3 Å². The van der Waals surface area contributed by atoms with Crippen molar-refractivity contribution in [2.75, 3.05) is 0 Å². The molecule has 1 aromatic rings. The van der Waals surface area contributed by atoms with Gasteiger partial charge in [-0.25, -0.2) is 4.79 Å². The second kappa shape index (κ2) is 8.30. The van der Waals surface area contributed by atoms with Crippen molar-refractivity contribution >= 4 is 5.97 Å². The smallest absolute Gasteiger partial charge is 0.338 e. The minimum absolute atomic E-state index is 0.0542. The van der Waals surface area contributed by atoms with Crippen LogP contribution in [0.2, 0.25) is 0 Å². The molecule has 4 atom stereocenters. The number of hydrogen-bond acceptors (Lipinski definition) is 4. The van der Waals surface area contributed by atoms with Crippen LogP contribution in [0.1, 0.15) is 56.3 Å². The van der Waals surface area contributed by atoms with Crippen LogP contribution in [0.3, 0.4) is 0 Å². The summed E-state index contributed by atoms with van der Waals surface area (Å²) in [5.41, 5.74) is 0.514. The highest BCUT2D eigenvalue weighted by molar-refractivity contribution is 5.89. The van der Waals surface area contributed by atoms with Crippen LogP contribution in [-0.2, 0) is 9.47 Å². The second-order valence-electron chi connectivity index (χ2n) is 5.91. The van der Waals surface area contributed by atoms with Gasteiger partial charge < -0.3 is 14.6 Å². The first kappa shape index (κ1) is 17.0. The van der Waals surface area contributed by atoms with Gasteiger partial charge >= 0.3 is 5.97 Å². The van der Waals surface area contributed by atoms with Crippen molar-refractivity contribution in [2.45, 2.75) is 70.4 Å². The molecule has 22 heavy (non-hydrogen) atoms. The quantitative estimate of drug-likeness (QED) is 0.819. The maximum Gasteiger partial charge on any atom is 0.338 e. The summed E-state index contributed by atoms with van der Waals surface area (Å²) in [7, 11) is 0. The zero-order valence-corrected chi connectivity index (χ0v) is 13.4. The van der Waals surface area contributed by atoms with Crippen molar-refractivity contribution in [1.82, 2.24) is 0 Å². The molecule has 1 saturated heterocycles. The van der Waals surface area contributed by atoms with Crippen LogP contribution in [-0.4, -0.2) is 35.5 Å². The Kier molecular flexibility index (Phi) is 6.40. The monoisotopic (exact) mass is 306 g/mol. The van der Waals surface area contributed by atoms with E-state index >= 15 is 0 Å². The van der Waals surface area contributed by atoms with E-state index in [4.69, 9.17) is 9.47 Å². The maximum atomic E-state index is 12.2. The van der Waals surface area contributed by atoms with Crippen molar-refractivity contribution in [3.63, 3.8) is 0 Å². The van der Waals surface area contributed by atoms with E-state index in [0.29, 0.717) is 12.0 Å². The number of carbonyl (C=O) groups is 1. The zero-order chi connectivity index (χ0) is 15.9. The predicted molar refractivity (Wildman–Crippen MR) is 84.7 cm³/mol. The van der Waals surface area contributed by atoms with Gasteiger partial charge in [-0.3, -0.25) is 0 Å². The fraction of sp³-hybridized carbons (Fsp3) is 0.611. The lowest BCUT2D eigenvalue weighted by Gasteiger charge is -2.39. The van der Waals surface area contributed by atoms with Gasteiger partial charge in [0.15, 0.2) is 0 Å². The molecule has 4 heteroatoms. The molecule has 0 amide bonds. The molecule has 4 nitrogen and oxygen atoms in total. The highest BCUT2D eigenvalue weighted by Crippen LogP contribution is 2.28. The van der Waals surface area contributed by atoms with Gasteiger partial charge in [0.25, 0.3) is 0 Å². The van der Waals surface area contributed by atoms with E-state index in [0.717, 1.165) is 25.7 Å². The minimum Gasteiger partial charge on any atom is -0.456 e. The van der Waals surface area contributed by atoms with Crippen molar-refractivity contribution in [1.29, 1.82) is 0 Å². The summed E-state index contributed by atoms with van der Waals surface area (Å²) in [5.74, 6) is -0.378. The molecule has 0 saturated carbocycles. The largest absolute Gasteiger partial charge is 0.456 e. The molecule has 122 valence electrons. The summed E-state index contributed by atoms with van der Waals surface area (Å²) in [5, 5.41) is 10.4. The summed E-state index contributed by atoms with van der Waals surface area (Å²) in [6.07, 6.45) is 2.78. The third kappa shape index (κ3) is 4.31. The van der Waals surface area contributed by atoms with Crippen molar-refractivity contribution in [3.05, 3.63) is 35.9 Å². The summed E-state index contributed by atoms with van der Waals surface area (Å²) < 4.78 is 11.5. The molecule has 2 rings (SSSR count). The molecule has 1 aromatic carbocycles. The maximum absolute atomic E-state index is 12.2. The highest BCUT2D eigenvalue weighted by atomic mass is 16.6. The van der Waals surface area contributed by atoms with Gasteiger partial charge in [-0.15, -0.1) is 0 Å². The van der Waals surface area contributed by atoms with E-state index in [-0.39, 0.29) is 18.2 Å². The zero-order valence-electron chi connectivity index (χ0n) is 13.4. The molecule has 0 aliphatic carbocycles. The van der Waals surface area contributed by atoms with E-state index in [2.05, 4.69) is 13.8 Å². The minimum atomic E-state index is -0.749. The van der Waals surface area contributed by atoms with E-state index in [9.17, 15) is 9.90 Å². The molecule has 0 radical (unpaired) electrons. The lowest BCUT2D eigenvalue weighted by atomic mass is 9.93. The van der Waals surface area contributed by atoms with Crippen LogP contribution in [0.4, 0.5) is 0 Å². The third-order valence-electron chi connectivity index (χ3n) is 4.08. The van der Waals surface area contributed by atoms with Gasteiger partial charge in [0.1, 0.15) is 12.2 Å². The molecule has 0 bridgehead atoms. The van der Waals surface area contributed by atoms with Gasteiger partial charge in [0.2, 0.25) is 0 Å². The molecule has 0 unspecified atom stereocenters. The van der Waals surface area contributed by atoms with Crippen LogP contribution in [0.15, 0.2) is 30.3 Å². The second-order valence-corrected chi connectivity index (χ2v) is 5.91. The Balaban J connectivity index is 2.04. The van der Waals surface area contributed by atoms with Crippen LogP contribution in [0.5, 0.6) is 0 Å². The van der Waals surface area contributed by atoms with Crippen LogP contribution in [0.25, 0.3) is 0 Å². The number of esters is 1. The van der Waals surface area contributed by atoms with Crippen LogP contribution < -0.4 is 0 Å². The lowest BCUT2D eigenvalue weighted by molar-refractivity contribution is -0.173. The Morgan fingerprint density at radius 2 is 1.91 bits per heavy atom. The number of benzene rings is 1.